The first kappa shape index (κ1) is 14.8. The number of carbonyl (C=O) groups excluding carboxylic acids is 2. The summed E-state index contributed by atoms with van der Waals surface area (Å²) in [6.45, 7) is 4.06. The minimum Gasteiger partial charge on any atom is -0.355 e. The van der Waals surface area contributed by atoms with Crippen molar-refractivity contribution < 1.29 is 9.59 Å². The Morgan fingerprint density at radius 1 is 1.14 bits per heavy atom. The summed E-state index contributed by atoms with van der Waals surface area (Å²) in [4.78, 5) is 23.0. The lowest BCUT2D eigenvalue weighted by Crippen LogP contribution is -2.34. The molecule has 1 aromatic carbocycles. The molecule has 0 bridgehead atoms. The highest BCUT2D eigenvalue weighted by atomic mass is 16.2. The topological polar surface area (TPSA) is 76.0 Å². The molecule has 0 fully saturated rings. The third-order valence-corrected chi connectivity index (χ3v) is 2.85. The molecule has 2 aromatic rings. The summed E-state index contributed by atoms with van der Waals surface area (Å²) < 4.78 is 1.61. The Morgan fingerprint density at radius 3 is 2.48 bits per heavy atom. The Balaban J connectivity index is 2.09. The molecule has 0 spiro atoms. The Morgan fingerprint density at radius 2 is 1.81 bits per heavy atom. The first-order valence-electron chi connectivity index (χ1n) is 6.72. The molecule has 110 valence electrons. The van der Waals surface area contributed by atoms with Crippen LogP contribution in [0.15, 0.2) is 36.4 Å². The van der Waals surface area contributed by atoms with E-state index in [-0.39, 0.29) is 11.8 Å². The van der Waals surface area contributed by atoms with Gasteiger partial charge in [-0.1, -0.05) is 18.2 Å². The average molecular weight is 286 g/mol. The standard InChI is InChI=1S/C15H18N4O2/c1-11-10-14(15(21)17-9-8-16-12(2)20)19(18-11)13-6-4-3-5-7-13/h3-7,10H,8-9H2,1-2H3,(H,16,20)(H,17,21). The van der Waals surface area contributed by atoms with E-state index in [2.05, 4.69) is 15.7 Å². The van der Waals surface area contributed by atoms with Crippen molar-refractivity contribution in [2.24, 2.45) is 0 Å². The number of hydrogen-bond donors (Lipinski definition) is 2. The molecule has 1 heterocycles. The van der Waals surface area contributed by atoms with E-state index in [1.165, 1.54) is 6.92 Å². The fourth-order valence-corrected chi connectivity index (χ4v) is 1.93. The first-order chi connectivity index (χ1) is 10.1. The normalized spacial score (nSPS) is 10.2. The van der Waals surface area contributed by atoms with Crippen LogP contribution in [0.2, 0.25) is 0 Å². The molecular weight excluding hydrogens is 268 g/mol. The molecule has 0 saturated carbocycles. The summed E-state index contributed by atoms with van der Waals surface area (Å²) in [5.74, 6) is -0.334. The van der Waals surface area contributed by atoms with Gasteiger partial charge in [0, 0.05) is 20.0 Å². The maximum atomic E-state index is 12.2. The second-order valence-electron chi connectivity index (χ2n) is 4.66. The van der Waals surface area contributed by atoms with Crippen LogP contribution >= 0.6 is 0 Å². The molecule has 0 atom stereocenters. The number of para-hydroxylation sites is 1. The number of hydrogen-bond acceptors (Lipinski definition) is 3. The smallest absolute Gasteiger partial charge is 0.270 e. The summed E-state index contributed by atoms with van der Waals surface area (Å²) in [5.41, 5.74) is 2.07. The lowest BCUT2D eigenvalue weighted by molar-refractivity contribution is -0.118. The fraction of sp³-hybridized carbons (Fsp3) is 0.267. The van der Waals surface area contributed by atoms with Crippen LogP contribution in [-0.4, -0.2) is 34.7 Å². The van der Waals surface area contributed by atoms with Crippen molar-refractivity contribution in [3.8, 4) is 5.69 Å². The number of nitrogens with zero attached hydrogens (tertiary/aromatic N) is 2. The average Bonchev–Trinajstić information content (AvgIpc) is 2.86. The monoisotopic (exact) mass is 286 g/mol. The molecule has 0 aliphatic heterocycles. The molecule has 0 radical (unpaired) electrons. The van der Waals surface area contributed by atoms with Crippen LogP contribution < -0.4 is 10.6 Å². The van der Waals surface area contributed by atoms with Gasteiger partial charge in [-0.25, -0.2) is 4.68 Å². The van der Waals surface area contributed by atoms with Gasteiger partial charge in [0.25, 0.3) is 5.91 Å². The van der Waals surface area contributed by atoms with Gasteiger partial charge < -0.3 is 10.6 Å². The molecule has 21 heavy (non-hydrogen) atoms. The summed E-state index contributed by atoms with van der Waals surface area (Å²) in [5, 5.41) is 9.74. The van der Waals surface area contributed by atoms with Gasteiger partial charge in [0.15, 0.2) is 0 Å². The van der Waals surface area contributed by atoms with Gasteiger partial charge >= 0.3 is 0 Å². The van der Waals surface area contributed by atoms with E-state index in [1.807, 2.05) is 37.3 Å². The lowest BCUT2D eigenvalue weighted by Gasteiger charge is -2.08. The molecule has 2 rings (SSSR count). The number of aromatic nitrogens is 2. The molecule has 0 aliphatic carbocycles. The summed E-state index contributed by atoms with van der Waals surface area (Å²) in [7, 11) is 0. The third kappa shape index (κ3) is 3.92. The summed E-state index contributed by atoms with van der Waals surface area (Å²) in [6.07, 6.45) is 0. The van der Waals surface area contributed by atoms with Gasteiger partial charge in [-0.2, -0.15) is 5.10 Å². The van der Waals surface area contributed by atoms with Crippen LogP contribution in [0.25, 0.3) is 5.69 Å². The molecule has 0 unspecified atom stereocenters. The number of benzene rings is 1. The Hall–Kier alpha value is -2.63. The molecule has 6 heteroatoms. The van der Waals surface area contributed by atoms with Gasteiger partial charge in [0.2, 0.25) is 5.91 Å². The zero-order chi connectivity index (χ0) is 15.2. The van der Waals surface area contributed by atoms with Crippen molar-refractivity contribution in [2.75, 3.05) is 13.1 Å². The largest absolute Gasteiger partial charge is 0.355 e. The van der Waals surface area contributed by atoms with Crippen LogP contribution in [-0.2, 0) is 4.79 Å². The summed E-state index contributed by atoms with van der Waals surface area (Å²) >= 11 is 0. The molecule has 2 N–H and O–H groups in total. The van der Waals surface area contributed by atoms with E-state index in [0.29, 0.717) is 18.8 Å². The highest BCUT2D eigenvalue weighted by Crippen LogP contribution is 2.12. The predicted molar refractivity (Wildman–Crippen MR) is 79.3 cm³/mol. The van der Waals surface area contributed by atoms with E-state index in [4.69, 9.17) is 0 Å². The van der Waals surface area contributed by atoms with E-state index < -0.39 is 0 Å². The molecular formula is C15H18N4O2. The highest BCUT2D eigenvalue weighted by molar-refractivity contribution is 5.93. The zero-order valence-corrected chi connectivity index (χ0v) is 12.1. The molecule has 2 amide bonds. The number of amides is 2. The van der Waals surface area contributed by atoms with Crippen LogP contribution in [0, 0.1) is 6.92 Å². The van der Waals surface area contributed by atoms with E-state index >= 15 is 0 Å². The molecule has 6 nitrogen and oxygen atoms in total. The molecule has 0 saturated heterocycles. The fourth-order valence-electron chi connectivity index (χ4n) is 1.93. The van der Waals surface area contributed by atoms with Gasteiger partial charge in [-0.3, -0.25) is 9.59 Å². The first-order valence-corrected chi connectivity index (χ1v) is 6.72. The van der Waals surface area contributed by atoms with E-state index in [1.54, 1.807) is 10.7 Å². The highest BCUT2D eigenvalue weighted by Gasteiger charge is 2.14. The van der Waals surface area contributed by atoms with E-state index in [0.717, 1.165) is 11.4 Å². The molecule has 1 aromatic heterocycles. The van der Waals surface area contributed by atoms with Crippen molar-refractivity contribution in [1.82, 2.24) is 20.4 Å². The van der Waals surface area contributed by atoms with Crippen molar-refractivity contribution >= 4 is 11.8 Å². The van der Waals surface area contributed by atoms with Gasteiger partial charge in [-0.05, 0) is 25.1 Å². The number of nitrogens with one attached hydrogen (secondary N) is 2. The van der Waals surface area contributed by atoms with Crippen molar-refractivity contribution in [3.05, 3.63) is 47.8 Å². The predicted octanol–water partition coefficient (Wildman–Crippen LogP) is 1.05. The Labute approximate surface area is 123 Å². The molecule has 0 aliphatic rings. The van der Waals surface area contributed by atoms with Gasteiger partial charge in [-0.15, -0.1) is 0 Å². The minimum atomic E-state index is -0.218. The summed E-state index contributed by atoms with van der Waals surface area (Å²) in [6, 6.07) is 11.2. The number of aryl methyl sites for hydroxylation is 1. The van der Waals surface area contributed by atoms with Gasteiger partial charge in [0.05, 0.1) is 11.4 Å². The van der Waals surface area contributed by atoms with E-state index in [9.17, 15) is 9.59 Å². The van der Waals surface area contributed by atoms with Gasteiger partial charge in [0.1, 0.15) is 5.69 Å². The maximum absolute atomic E-state index is 12.2. The zero-order valence-electron chi connectivity index (χ0n) is 12.1. The van der Waals surface area contributed by atoms with Crippen LogP contribution in [0.5, 0.6) is 0 Å². The van der Waals surface area contributed by atoms with Crippen LogP contribution in [0.4, 0.5) is 0 Å². The minimum absolute atomic E-state index is 0.116. The SMILES string of the molecule is CC(=O)NCCNC(=O)c1cc(C)nn1-c1ccccc1. The lowest BCUT2D eigenvalue weighted by atomic mass is 10.3. The van der Waals surface area contributed by atoms with Crippen molar-refractivity contribution in [1.29, 1.82) is 0 Å². The Kier molecular flexibility index (Phi) is 4.71. The maximum Gasteiger partial charge on any atom is 0.270 e. The Bertz CT molecular complexity index is 634. The third-order valence-electron chi connectivity index (χ3n) is 2.85. The van der Waals surface area contributed by atoms with Crippen LogP contribution in [0.1, 0.15) is 23.1 Å². The second kappa shape index (κ2) is 6.69. The van der Waals surface area contributed by atoms with Crippen molar-refractivity contribution in [3.63, 3.8) is 0 Å². The number of carbonyl (C=O) groups is 2. The van der Waals surface area contributed by atoms with Crippen LogP contribution in [0.3, 0.4) is 0 Å². The number of rotatable bonds is 5. The quantitative estimate of drug-likeness (QED) is 0.807. The van der Waals surface area contributed by atoms with Crippen molar-refractivity contribution in [2.45, 2.75) is 13.8 Å². The second-order valence-corrected chi connectivity index (χ2v) is 4.66.